The van der Waals surface area contributed by atoms with E-state index >= 15 is 0 Å². The van der Waals surface area contributed by atoms with Gasteiger partial charge in [0, 0.05) is 18.9 Å². The minimum atomic E-state index is -0.663. The van der Waals surface area contributed by atoms with Crippen molar-refractivity contribution in [1.29, 1.82) is 0 Å². The number of ether oxygens (including phenoxy) is 1. The molecule has 124 valence electrons. The zero-order valence-electron chi connectivity index (χ0n) is 13.4. The van der Waals surface area contributed by atoms with Crippen molar-refractivity contribution in [1.82, 2.24) is 9.78 Å². The largest absolute Gasteiger partial charge is 0.417 e. The number of anilines is 1. The highest BCUT2D eigenvalue weighted by Gasteiger charge is 2.07. The number of nitrogens with one attached hydrogen (secondary N) is 1. The maximum atomic E-state index is 13.9. The van der Waals surface area contributed by atoms with Crippen LogP contribution in [-0.4, -0.2) is 15.9 Å². The molecule has 0 aliphatic carbocycles. The molecule has 0 spiro atoms. The van der Waals surface area contributed by atoms with Gasteiger partial charge in [-0.1, -0.05) is 30.0 Å². The van der Waals surface area contributed by atoms with Gasteiger partial charge in [0.15, 0.2) is 0 Å². The van der Waals surface area contributed by atoms with Gasteiger partial charge in [0.25, 0.3) is 0 Å². The lowest BCUT2D eigenvalue weighted by molar-refractivity contribution is 0.215. The summed E-state index contributed by atoms with van der Waals surface area (Å²) < 4.78 is 20.6. The third-order valence-electron chi connectivity index (χ3n) is 3.21. The monoisotopic (exact) mass is 335 g/mol. The fourth-order valence-electron chi connectivity index (χ4n) is 2.06. The summed E-state index contributed by atoms with van der Waals surface area (Å²) in [5, 5.41) is 6.54. The Balaban J connectivity index is 1.73. The SMILES string of the molecule is Cn1cc(C#Cc2cc(NC(=O)Oc3ccccc3)ccc2F)cn1. The van der Waals surface area contributed by atoms with Crippen LogP contribution in [0.3, 0.4) is 0 Å². The molecule has 0 bridgehead atoms. The van der Waals surface area contributed by atoms with Gasteiger partial charge >= 0.3 is 6.09 Å². The number of aryl methyl sites for hydroxylation is 1. The predicted molar refractivity (Wildman–Crippen MR) is 91.7 cm³/mol. The number of halogens is 1. The average Bonchev–Trinajstić information content (AvgIpc) is 3.01. The quantitative estimate of drug-likeness (QED) is 0.729. The van der Waals surface area contributed by atoms with Crippen LogP contribution in [0.2, 0.25) is 0 Å². The number of hydrogen-bond donors (Lipinski definition) is 1. The molecule has 0 unspecified atom stereocenters. The Morgan fingerprint density at radius 2 is 2.00 bits per heavy atom. The first-order valence-corrected chi connectivity index (χ1v) is 7.44. The van der Waals surface area contributed by atoms with E-state index in [4.69, 9.17) is 4.74 Å². The maximum absolute atomic E-state index is 13.9. The number of amides is 1. The molecule has 0 fully saturated rings. The van der Waals surface area contributed by atoms with Crippen LogP contribution in [-0.2, 0) is 7.05 Å². The summed E-state index contributed by atoms with van der Waals surface area (Å²) in [6, 6.07) is 12.8. The number of nitrogens with zero attached hydrogens (tertiary/aromatic N) is 2. The molecule has 1 amide bonds. The summed E-state index contributed by atoms with van der Waals surface area (Å²) in [5.74, 6) is 5.50. The molecule has 5 nitrogen and oxygen atoms in total. The number of aromatic nitrogens is 2. The zero-order valence-corrected chi connectivity index (χ0v) is 13.4. The Kier molecular flexibility index (Phi) is 4.77. The molecule has 1 heterocycles. The van der Waals surface area contributed by atoms with Crippen LogP contribution in [0.4, 0.5) is 14.9 Å². The van der Waals surface area contributed by atoms with E-state index in [0.717, 1.165) is 0 Å². The van der Waals surface area contributed by atoms with Gasteiger partial charge in [-0.05, 0) is 30.3 Å². The third kappa shape index (κ3) is 4.45. The van der Waals surface area contributed by atoms with Crippen LogP contribution in [0.15, 0.2) is 60.9 Å². The molecule has 25 heavy (non-hydrogen) atoms. The molecule has 0 aliphatic heterocycles. The summed E-state index contributed by atoms with van der Waals surface area (Å²) >= 11 is 0. The van der Waals surface area contributed by atoms with Gasteiger partial charge in [0.2, 0.25) is 0 Å². The minimum Gasteiger partial charge on any atom is -0.410 e. The molecule has 1 N–H and O–H groups in total. The van der Waals surface area contributed by atoms with Gasteiger partial charge in [0.05, 0.1) is 17.3 Å². The number of para-hydroxylation sites is 1. The van der Waals surface area contributed by atoms with Gasteiger partial charge in [-0.3, -0.25) is 10.00 Å². The fourth-order valence-corrected chi connectivity index (χ4v) is 2.06. The summed E-state index contributed by atoms with van der Waals surface area (Å²) in [7, 11) is 1.77. The molecule has 6 heteroatoms. The summed E-state index contributed by atoms with van der Waals surface area (Å²) in [4.78, 5) is 11.9. The van der Waals surface area contributed by atoms with E-state index in [1.807, 2.05) is 6.07 Å². The second-order valence-corrected chi connectivity index (χ2v) is 5.17. The molecular formula is C19H14FN3O2. The topological polar surface area (TPSA) is 56.2 Å². The highest BCUT2D eigenvalue weighted by Crippen LogP contribution is 2.15. The Morgan fingerprint density at radius 3 is 2.72 bits per heavy atom. The first kappa shape index (κ1) is 16.3. The number of benzene rings is 2. The first-order chi connectivity index (χ1) is 12.1. The first-order valence-electron chi connectivity index (χ1n) is 7.44. The highest BCUT2D eigenvalue weighted by molar-refractivity contribution is 5.86. The molecular weight excluding hydrogens is 321 g/mol. The molecule has 3 aromatic rings. The maximum Gasteiger partial charge on any atom is 0.417 e. The second-order valence-electron chi connectivity index (χ2n) is 5.17. The molecule has 0 saturated carbocycles. The molecule has 0 radical (unpaired) electrons. The van der Waals surface area contributed by atoms with E-state index in [0.29, 0.717) is 17.0 Å². The van der Waals surface area contributed by atoms with Crippen molar-refractivity contribution in [3.63, 3.8) is 0 Å². The van der Waals surface area contributed by atoms with Crippen LogP contribution >= 0.6 is 0 Å². The fraction of sp³-hybridized carbons (Fsp3) is 0.0526. The Bertz CT molecular complexity index is 956. The number of hydrogen-bond acceptors (Lipinski definition) is 3. The molecule has 0 saturated heterocycles. The van der Waals surface area contributed by atoms with Crippen LogP contribution in [0.5, 0.6) is 5.75 Å². The lowest BCUT2D eigenvalue weighted by atomic mass is 10.2. The lowest BCUT2D eigenvalue weighted by Crippen LogP contribution is -2.16. The molecule has 2 aromatic carbocycles. The van der Waals surface area contributed by atoms with Crippen molar-refractivity contribution in [2.24, 2.45) is 7.05 Å². The number of carbonyl (C=O) groups excluding carboxylic acids is 1. The van der Waals surface area contributed by atoms with Crippen LogP contribution in [0.25, 0.3) is 0 Å². The molecule has 0 atom stereocenters. The van der Waals surface area contributed by atoms with E-state index in [1.165, 1.54) is 18.2 Å². The molecule has 1 aromatic heterocycles. The van der Waals surface area contributed by atoms with Gasteiger partial charge in [0.1, 0.15) is 11.6 Å². The Morgan fingerprint density at radius 1 is 1.20 bits per heavy atom. The van der Waals surface area contributed by atoms with E-state index in [2.05, 4.69) is 22.3 Å². The van der Waals surface area contributed by atoms with Crippen molar-refractivity contribution in [3.05, 3.63) is 77.9 Å². The van der Waals surface area contributed by atoms with Gasteiger partial charge in [-0.25, -0.2) is 9.18 Å². The van der Waals surface area contributed by atoms with Gasteiger partial charge < -0.3 is 4.74 Å². The lowest BCUT2D eigenvalue weighted by Gasteiger charge is -2.07. The summed E-state index contributed by atoms with van der Waals surface area (Å²) in [5.41, 5.74) is 1.22. The Hall–Kier alpha value is -3.59. The van der Waals surface area contributed by atoms with E-state index < -0.39 is 11.9 Å². The van der Waals surface area contributed by atoms with Crippen LogP contribution in [0.1, 0.15) is 11.1 Å². The van der Waals surface area contributed by atoms with Crippen molar-refractivity contribution < 1.29 is 13.9 Å². The normalized spacial score (nSPS) is 9.84. The molecule has 0 aliphatic rings. The van der Waals surface area contributed by atoms with Crippen molar-refractivity contribution in [2.75, 3.05) is 5.32 Å². The van der Waals surface area contributed by atoms with E-state index in [9.17, 15) is 9.18 Å². The Labute approximate surface area is 144 Å². The highest BCUT2D eigenvalue weighted by atomic mass is 19.1. The summed E-state index contributed by atoms with van der Waals surface area (Å²) in [6.45, 7) is 0. The number of rotatable bonds is 2. The summed E-state index contributed by atoms with van der Waals surface area (Å²) in [6.07, 6.45) is 2.65. The van der Waals surface area contributed by atoms with Crippen molar-refractivity contribution in [2.45, 2.75) is 0 Å². The predicted octanol–water partition coefficient (Wildman–Crippen LogP) is 3.57. The zero-order chi connectivity index (χ0) is 17.6. The standard InChI is InChI=1S/C19H14FN3O2/c1-23-13-14(12-21-23)7-8-15-11-16(9-10-18(15)20)22-19(24)25-17-5-3-2-4-6-17/h2-6,9-13H,1H3,(H,22,24). The van der Waals surface area contributed by atoms with Crippen molar-refractivity contribution in [3.8, 4) is 17.6 Å². The van der Waals surface area contributed by atoms with E-state index in [-0.39, 0.29) is 5.56 Å². The van der Waals surface area contributed by atoms with E-state index in [1.54, 1.807) is 48.4 Å². The minimum absolute atomic E-state index is 0.168. The third-order valence-corrected chi connectivity index (χ3v) is 3.21. The molecule has 3 rings (SSSR count). The second kappa shape index (κ2) is 7.32. The van der Waals surface area contributed by atoms with Crippen molar-refractivity contribution >= 4 is 11.8 Å². The number of carbonyl (C=O) groups is 1. The van der Waals surface area contributed by atoms with Crippen LogP contribution < -0.4 is 10.1 Å². The van der Waals surface area contributed by atoms with Gasteiger partial charge in [-0.2, -0.15) is 5.10 Å². The smallest absolute Gasteiger partial charge is 0.410 e. The van der Waals surface area contributed by atoms with Crippen LogP contribution in [0, 0.1) is 17.7 Å². The van der Waals surface area contributed by atoms with Gasteiger partial charge in [-0.15, -0.1) is 0 Å². The average molecular weight is 335 g/mol.